The lowest BCUT2D eigenvalue weighted by Crippen LogP contribution is -2.30. The second-order valence-electron chi connectivity index (χ2n) is 10.2. The molecule has 4 aromatic carbocycles. The molecular weight excluding hydrogens is 594 g/mol. The molecule has 42 heavy (non-hydrogen) atoms. The van der Waals surface area contributed by atoms with Crippen molar-refractivity contribution in [1.82, 2.24) is 25.1 Å². The number of aromatic nitrogens is 4. The largest absolute Gasteiger partial charge is 0.470 e. The Morgan fingerprint density at radius 3 is 2.57 bits per heavy atom. The molecule has 0 N–H and O–H groups in total. The van der Waals surface area contributed by atoms with Crippen molar-refractivity contribution in [1.29, 1.82) is 0 Å². The lowest BCUT2D eigenvalue weighted by molar-refractivity contribution is 0.0729. The molecule has 0 atom stereocenters. The van der Waals surface area contributed by atoms with Crippen LogP contribution in [-0.2, 0) is 26.2 Å². The minimum atomic E-state index is -0.0254. The van der Waals surface area contributed by atoms with Gasteiger partial charge in [-0.15, -0.1) is 5.10 Å². The summed E-state index contributed by atoms with van der Waals surface area (Å²) in [6.45, 7) is 3.28. The number of carbonyl (C=O) groups excluding carboxylic acids is 1. The first kappa shape index (κ1) is 27.7. The molecule has 0 aliphatic carbocycles. The number of para-hydroxylation sites is 1. The fraction of sp³-hybridized carbons (Fsp3) is 0.212. The van der Waals surface area contributed by atoms with E-state index in [0.29, 0.717) is 24.4 Å². The molecule has 8 nitrogen and oxygen atoms in total. The van der Waals surface area contributed by atoms with E-state index in [4.69, 9.17) is 9.15 Å². The van der Waals surface area contributed by atoms with Crippen molar-refractivity contribution >= 4 is 43.6 Å². The highest BCUT2D eigenvalue weighted by atomic mass is 79.9. The van der Waals surface area contributed by atoms with Crippen molar-refractivity contribution in [3.63, 3.8) is 0 Å². The van der Waals surface area contributed by atoms with Gasteiger partial charge >= 0.3 is 0 Å². The van der Waals surface area contributed by atoms with Crippen LogP contribution in [0.2, 0.25) is 0 Å². The van der Waals surface area contributed by atoms with Crippen LogP contribution in [0.4, 0.5) is 0 Å². The van der Waals surface area contributed by atoms with Crippen molar-refractivity contribution < 1.29 is 13.9 Å². The molecule has 2 aromatic heterocycles. The van der Waals surface area contributed by atoms with Gasteiger partial charge in [0.25, 0.3) is 5.91 Å². The Morgan fingerprint density at radius 1 is 0.952 bits per heavy atom. The summed E-state index contributed by atoms with van der Waals surface area (Å²) in [4.78, 5) is 16.3. The number of hydrogen-bond donors (Lipinski definition) is 0. The summed E-state index contributed by atoms with van der Waals surface area (Å²) in [6.07, 6.45) is 4.21. The average Bonchev–Trinajstić information content (AvgIpc) is 3.67. The molecule has 0 saturated carbocycles. The number of fused-ring (bicyclic) bond motifs is 2. The number of aryl methyl sites for hydroxylation is 1. The van der Waals surface area contributed by atoms with Crippen LogP contribution in [0.15, 0.2) is 100 Å². The highest BCUT2D eigenvalue weighted by molar-refractivity contribution is 9.10. The molecule has 0 aliphatic rings. The number of halogens is 1. The van der Waals surface area contributed by atoms with E-state index in [1.165, 1.54) is 11.0 Å². The van der Waals surface area contributed by atoms with Gasteiger partial charge in [-0.2, -0.15) is 4.68 Å². The first-order chi connectivity index (χ1) is 20.6. The van der Waals surface area contributed by atoms with Gasteiger partial charge in [-0.1, -0.05) is 80.1 Å². The first-order valence-electron chi connectivity index (χ1n) is 14.0. The number of benzene rings is 4. The Kier molecular flexibility index (Phi) is 8.28. The molecule has 0 fully saturated rings. The van der Waals surface area contributed by atoms with E-state index in [0.717, 1.165) is 62.4 Å². The number of ether oxygens (including phenoxy) is 1. The monoisotopic (exact) mass is 623 g/mol. The molecular formula is C33H30BrN5O3. The van der Waals surface area contributed by atoms with Crippen LogP contribution in [-0.4, -0.2) is 31.0 Å². The second-order valence-corrected chi connectivity index (χ2v) is 11.0. The molecule has 0 radical (unpaired) electrons. The van der Waals surface area contributed by atoms with E-state index in [9.17, 15) is 4.79 Å². The van der Waals surface area contributed by atoms with E-state index in [-0.39, 0.29) is 12.6 Å². The molecule has 9 heteroatoms. The molecule has 0 bridgehead atoms. The second kappa shape index (κ2) is 12.6. The quantitative estimate of drug-likeness (QED) is 0.148. The van der Waals surface area contributed by atoms with Gasteiger partial charge in [-0.05, 0) is 72.9 Å². The van der Waals surface area contributed by atoms with Gasteiger partial charge in [0, 0.05) is 24.9 Å². The van der Waals surface area contributed by atoms with Crippen LogP contribution >= 0.6 is 15.9 Å². The van der Waals surface area contributed by atoms with Crippen LogP contribution in [0, 0.1) is 0 Å². The van der Waals surface area contributed by atoms with Gasteiger partial charge in [0.2, 0.25) is 0 Å². The van der Waals surface area contributed by atoms with Crippen molar-refractivity contribution in [2.75, 3.05) is 0 Å². The fourth-order valence-corrected chi connectivity index (χ4v) is 5.74. The van der Waals surface area contributed by atoms with E-state index in [2.05, 4.69) is 68.7 Å². The SMILES string of the molecule is CCCCc1oc2ccccc2c1C(=O)N(Cc1ccccc1)Cc1ccc2c(Br)c(OCn3cnnn3)ccc2c1. The lowest BCUT2D eigenvalue weighted by atomic mass is 10.0. The highest BCUT2D eigenvalue weighted by Gasteiger charge is 2.25. The predicted molar refractivity (Wildman–Crippen MR) is 165 cm³/mol. The average molecular weight is 625 g/mol. The Labute approximate surface area is 252 Å². The Morgan fingerprint density at radius 2 is 1.76 bits per heavy atom. The van der Waals surface area contributed by atoms with Crippen LogP contribution < -0.4 is 4.74 Å². The lowest BCUT2D eigenvalue weighted by Gasteiger charge is -2.24. The van der Waals surface area contributed by atoms with Crippen LogP contribution in [0.5, 0.6) is 5.75 Å². The molecule has 2 heterocycles. The maximum Gasteiger partial charge on any atom is 0.258 e. The summed E-state index contributed by atoms with van der Waals surface area (Å²) in [7, 11) is 0. The van der Waals surface area contributed by atoms with E-state index in [1.54, 1.807) is 0 Å². The van der Waals surface area contributed by atoms with Crippen molar-refractivity contribution in [2.24, 2.45) is 0 Å². The summed E-state index contributed by atoms with van der Waals surface area (Å²) in [6, 6.07) is 28.1. The molecule has 0 aliphatic heterocycles. The number of hydrogen-bond acceptors (Lipinski definition) is 6. The third-order valence-corrected chi connectivity index (χ3v) is 8.06. The third-order valence-electron chi connectivity index (χ3n) is 7.24. The summed E-state index contributed by atoms with van der Waals surface area (Å²) in [5.74, 6) is 1.43. The van der Waals surface area contributed by atoms with Crippen LogP contribution in [0.3, 0.4) is 0 Å². The number of furan rings is 1. The first-order valence-corrected chi connectivity index (χ1v) is 14.8. The topological polar surface area (TPSA) is 86.3 Å². The molecule has 6 rings (SSSR count). The molecule has 1 amide bonds. The summed E-state index contributed by atoms with van der Waals surface area (Å²) in [5.41, 5.74) is 3.52. The number of carbonyl (C=O) groups is 1. The number of rotatable bonds is 11. The number of unbranched alkanes of at least 4 members (excludes halogenated alkanes) is 1. The molecule has 0 unspecified atom stereocenters. The highest BCUT2D eigenvalue weighted by Crippen LogP contribution is 2.35. The number of nitrogens with zero attached hydrogens (tertiary/aromatic N) is 5. The van der Waals surface area contributed by atoms with Crippen molar-refractivity contribution in [2.45, 2.75) is 46.0 Å². The van der Waals surface area contributed by atoms with Gasteiger partial charge in [-0.3, -0.25) is 4.79 Å². The minimum Gasteiger partial charge on any atom is -0.470 e. The minimum absolute atomic E-state index is 0.0254. The van der Waals surface area contributed by atoms with Gasteiger partial charge in [0.05, 0.1) is 10.0 Å². The zero-order valence-electron chi connectivity index (χ0n) is 23.2. The number of amides is 1. The van der Waals surface area contributed by atoms with E-state index >= 15 is 0 Å². The molecule has 0 saturated heterocycles. The van der Waals surface area contributed by atoms with Crippen molar-refractivity contribution in [3.05, 3.63) is 118 Å². The van der Waals surface area contributed by atoms with Crippen LogP contribution in [0.25, 0.3) is 21.7 Å². The van der Waals surface area contributed by atoms with E-state index in [1.807, 2.05) is 59.5 Å². The molecule has 0 spiro atoms. The summed E-state index contributed by atoms with van der Waals surface area (Å²) in [5, 5.41) is 14.0. The smallest absolute Gasteiger partial charge is 0.258 e. The Balaban J connectivity index is 1.32. The van der Waals surface area contributed by atoms with Crippen molar-refractivity contribution in [3.8, 4) is 5.75 Å². The fourth-order valence-electron chi connectivity index (χ4n) is 5.13. The summed E-state index contributed by atoms with van der Waals surface area (Å²) >= 11 is 3.71. The third kappa shape index (κ3) is 5.92. The predicted octanol–water partition coefficient (Wildman–Crippen LogP) is 7.56. The zero-order chi connectivity index (χ0) is 28.9. The van der Waals surface area contributed by atoms with Gasteiger partial charge < -0.3 is 14.1 Å². The summed E-state index contributed by atoms with van der Waals surface area (Å²) < 4.78 is 14.5. The molecule has 6 aromatic rings. The van der Waals surface area contributed by atoms with E-state index < -0.39 is 0 Å². The maximum atomic E-state index is 14.4. The number of tetrazole rings is 1. The van der Waals surface area contributed by atoms with Crippen LogP contribution in [0.1, 0.15) is 47.0 Å². The van der Waals surface area contributed by atoms with Gasteiger partial charge in [0.1, 0.15) is 23.4 Å². The maximum absolute atomic E-state index is 14.4. The van der Waals surface area contributed by atoms with Gasteiger partial charge in [0.15, 0.2) is 6.73 Å². The standard InChI is InChI=1S/C33H30BrN5O3/c1-2-3-12-29-31(27-11-7-8-13-28(27)42-29)33(40)38(19-23-9-5-4-6-10-23)20-24-14-16-26-25(18-24)15-17-30(32(26)34)41-22-39-21-35-36-37-39/h4-11,13-18,21H,2-3,12,19-20,22H2,1H3. The normalized spacial score (nSPS) is 11.3. The Bertz CT molecular complexity index is 1820. The zero-order valence-corrected chi connectivity index (χ0v) is 24.8. The Hall–Kier alpha value is -4.50. The van der Waals surface area contributed by atoms with Gasteiger partial charge in [-0.25, -0.2) is 0 Å². The molecule has 212 valence electrons.